The lowest BCUT2D eigenvalue weighted by Gasteiger charge is -2.21. The van der Waals surface area contributed by atoms with Crippen LogP contribution in [-0.4, -0.2) is 17.6 Å². The molecule has 19 heavy (non-hydrogen) atoms. The number of carbonyl (C=O) groups is 1. The average Bonchev–Trinajstić information content (AvgIpc) is 2.25. The highest BCUT2D eigenvalue weighted by Crippen LogP contribution is 2.34. The van der Waals surface area contributed by atoms with Crippen molar-refractivity contribution in [3.8, 4) is 0 Å². The second kappa shape index (κ2) is 5.28. The van der Waals surface area contributed by atoms with Crippen LogP contribution in [0.2, 0.25) is 5.02 Å². The Morgan fingerprint density at radius 3 is 2.37 bits per heavy atom. The molecule has 0 bridgehead atoms. The van der Waals surface area contributed by atoms with Crippen LogP contribution in [-0.2, 0) is 11.0 Å². The van der Waals surface area contributed by atoms with Crippen molar-refractivity contribution in [2.75, 3.05) is 11.9 Å². The SMILES string of the molecule is CC(C)(CNc1ccc(C(F)(F)F)cc1Cl)C(=O)O. The molecule has 0 aliphatic rings. The van der Waals surface area contributed by atoms with Crippen molar-refractivity contribution < 1.29 is 23.1 Å². The van der Waals surface area contributed by atoms with Crippen molar-refractivity contribution in [1.82, 2.24) is 0 Å². The van der Waals surface area contributed by atoms with Gasteiger partial charge in [-0.3, -0.25) is 4.79 Å². The van der Waals surface area contributed by atoms with Crippen molar-refractivity contribution in [1.29, 1.82) is 0 Å². The van der Waals surface area contributed by atoms with Gasteiger partial charge in [0.25, 0.3) is 0 Å². The van der Waals surface area contributed by atoms with Gasteiger partial charge in [-0.05, 0) is 32.0 Å². The van der Waals surface area contributed by atoms with Crippen molar-refractivity contribution in [2.24, 2.45) is 5.41 Å². The number of rotatable bonds is 4. The topological polar surface area (TPSA) is 49.3 Å². The zero-order valence-corrected chi connectivity index (χ0v) is 11.1. The standard InChI is InChI=1S/C12H13ClF3NO2/c1-11(2,10(18)19)6-17-9-4-3-7(5-8(9)13)12(14,15)16/h3-5,17H,6H2,1-2H3,(H,18,19). The monoisotopic (exact) mass is 295 g/mol. The van der Waals surface area contributed by atoms with E-state index in [0.29, 0.717) is 0 Å². The number of halogens is 4. The molecule has 7 heteroatoms. The normalized spacial score (nSPS) is 12.3. The number of hydrogen-bond donors (Lipinski definition) is 2. The van der Waals surface area contributed by atoms with Gasteiger partial charge >= 0.3 is 12.1 Å². The Kier molecular flexibility index (Phi) is 4.35. The average molecular weight is 296 g/mol. The molecule has 0 aliphatic heterocycles. The molecule has 0 aromatic heterocycles. The highest BCUT2D eigenvalue weighted by molar-refractivity contribution is 6.33. The molecule has 106 valence electrons. The number of benzene rings is 1. The van der Waals surface area contributed by atoms with E-state index in [4.69, 9.17) is 16.7 Å². The Morgan fingerprint density at radius 1 is 1.37 bits per heavy atom. The van der Waals surface area contributed by atoms with E-state index in [0.717, 1.165) is 12.1 Å². The molecule has 0 radical (unpaired) electrons. The van der Waals surface area contributed by atoms with E-state index in [1.165, 1.54) is 19.9 Å². The summed E-state index contributed by atoms with van der Waals surface area (Å²) in [5.74, 6) is -1.01. The zero-order valence-electron chi connectivity index (χ0n) is 10.3. The van der Waals surface area contributed by atoms with E-state index in [1.807, 2.05) is 0 Å². The number of hydrogen-bond acceptors (Lipinski definition) is 2. The second-order valence-corrected chi connectivity index (χ2v) is 5.14. The van der Waals surface area contributed by atoms with Gasteiger partial charge in [0.2, 0.25) is 0 Å². The van der Waals surface area contributed by atoms with Gasteiger partial charge in [0, 0.05) is 6.54 Å². The van der Waals surface area contributed by atoms with Gasteiger partial charge in [-0.15, -0.1) is 0 Å². The molecule has 0 saturated heterocycles. The Hall–Kier alpha value is -1.43. The molecule has 0 fully saturated rings. The summed E-state index contributed by atoms with van der Waals surface area (Å²) in [7, 11) is 0. The molecule has 0 spiro atoms. The van der Waals surface area contributed by atoms with E-state index in [-0.39, 0.29) is 17.3 Å². The molecule has 2 N–H and O–H groups in total. The fraction of sp³-hybridized carbons (Fsp3) is 0.417. The van der Waals surface area contributed by atoms with Gasteiger partial charge in [0.15, 0.2) is 0 Å². The quantitative estimate of drug-likeness (QED) is 0.886. The summed E-state index contributed by atoms with van der Waals surface area (Å²) in [4.78, 5) is 10.9. The number of nitrogens with one attached hydrogen (secondary N) is 1. The van der Waals surface area contributed by atoms with Crippen LogP contribution in [0.25, 0.3) is 0 Å². The molecule has 0 aliphatic carbocycles. The third-order valence-electron chi connectivity index (χ3n) is 2.60. The van der Waals surface area contributed by atoms with Crippen LogP contribution in [0.4, 0.5) is 18.9 Å². The molecule has 0 unspecified atom stereocenters. The van der Waals surface area contributed by atoms with Gasteiger partial charge in [0.1, 0.15) is 0 Å². The van der Waals surface area contributed by atoms with Gasteiger partial charge in [-0.2, -0.15) is 13.2 Å². The van der Waals surface area contributed by atoms with E-state index in [9.17, 15) is 18.0 Å². The number of anilines is 1. The van der Waals surface area contributed by atoms with E-state index in [1.54, 1.807) is 0 Å². The fourth-order valence-electron chi connectivity index (χ4n) is 1.23. The smallest absolute Gasteiger partial charge is 0.416 e. The van der Waals surface area contributed by atoms with Crippen LogP contribution in [0.5, 0.6) is 0 Å². The van der Waals surface area contributed by atoms with Gasteiger partial charge < -0.3 is 10.4 Å². The first-order valence-corrected chi connectivity index (χ1v) is 5.76. The maximum absolute atomic E-state index is 12.4. The molecule has 0 saturated carbocycles. The molecule has 3 nitrogen and oxygen atoms in total. The molecule has 1 rings (SSSR count). The van der Waals surface area contributed by atoms with Crippen LogP contribution in [0.1, 0.15) is 19.4 Å². The Balaban J connectivity index is 2.85. The van der Waals surface area contributed by atoms with Crippen LogP contribution in [0, 0.1) is 5.41 Å². The van der Waals surface area contributed by atoms with Gasteiger partial charge in [0.05, 0.1) is 21.7 Å². The molecule has 1 aromatic rings. The lowest BCUT2D eigenvalue weighted by Crippen LogP contribution is -2.31. The minimum atomic E-state index is -4.46. The summed E-state index contributed by atoms with van der Waals surface area (Å²) in [5, 5.41) is 11.5. The summed E-state index contributed by atoms with van der Waals surface area (Å²) < 4.78 is 37.3. The summed E-state index contributed by atoms with van der Waals surface area (Å²) in [6.07, 6.45) is -4.46. The molecular weight excluding hydrogens is 283 g/mol. The molecule has 0 heterocycles. The third-order valence-corrected chi connectivity index (χ3v) is 2.91. The van der Waals surface area contributed by atoms with E-state index in [2.05, 4.69) is 5.32 Å². The fourth-order valence-corrected chi connectivity index (χ4v) is 1.47. The Bertz CT molecular complexity index is 486. The first kappa shape index (κ1) is 15.6. The van der Waals surface area contributed by atoms with Crippen LogP contribution < -0.4 is 5.32 Å². The second-order valence-electron chi connectivity index (χ2n) is 4.73. The van der Waals surface area contributed by atoms with E-state index < -0.39 is 23.1 Å². The lowest BCUT2D eigenvalue weighted by molar-refractivity contribution is -0.146. The van der Waals surface area contributed by atoms with Gasteiger partial charge in [-0.1, -0.05) is 11.6 Å². The maximum Gasteiger partial charge on any atom is 0.416 e. The van der Waals surface area contributed by atoms with Crippen molar-refractivity contribution in [3.63, 3.8) is 0 Å². The van der Waals surface area contributed by atoms with Crippen molar-refractivity contribution >= 4 is 23.3 Å². The molecule has 0 amide bonds. The summed E-state index contributed by atoms with van der Waals surface area (Å²) in [6, 6.07) is 2.88. The van der Waals surface area contributed by atoms with Crippen LogP contribution in [0.3, 0.4) is 0 Å². The van der Waals surface area contributed by atoms with E-state index >= 15 is 0 Å². The third kappa shape index (κ3) is 4.02. The minimum Gasteiger partial charge on any atom is -0.481 e. The first-order chi connectivity index (χ1) is 8.54. The Labute approximate surface area is 113 Å². The molecule has 1 aromatic carbocycles. The summed E-state index contributed by atoms with van der Waals surface area (Å²) >= 11 is 5.73. The number of aliphatic carboxylic acids is 1. The Morgan fingerprint density at radius 2 is 1.95 bits per heavy atom. The highest BCUT2D eigenvalue weighted by Gasteiger charge is 2.31. The number of carboxylic acids is 1. The predicted octanol–water partition coefficient (Wildman–Crippen LogP) is 3.88. The highest BCUT2D eigenvalue weighted by atomic mass is 35.5. The summed E-state index contributed by atoms with van der Waals surface area (Å²) in [5.41, 5.74) is -1.63. The maximum atomic E-state index is 12.4. The minimum absolute atomic E-state index is 0.0490. The predicted molar refractivity (Wildman–Crippen MR) is 66.4 cm³/mol. The number of alkyl halides is 3. The largest absolute Gasteiger partial charge is 0.481 e. The van der Waals surface area contributed by atoms with Crippen molar-refractivity contribution in [3.05, 3.63) is 28.8 Å². The molecule has 0 atom stereocenters. The van der Waals surface area contributed by atoms with Crippen molar-refractivity contribution in [2.45, 2.75) is 20.0 Å². The zero-order chi connectivity index (χ0) is 14.8. The number of carboxylic acid groups (broad SMARTS) is 1. The summed E-state index contributed by atoms with van der Waals surface area (Å²) in [6.45, 7) is 3.05. The first-order valence-electron chi connectivity index (χ1n) is 5.38. The molecular formula is C12H13ClF3NO2. The van der Waals surface area contributed by atoms with Crippen LogP contribution in [0.15, 0.2) is 18.2 Å². The van der Waals surface area contributed by atoms with Gasteiger partial charge in [-0.25, -0.2) is 0 Å². The van der Waals surface area contributed by atoms with Crippen LogP contribution >= 0.6 is 11.6 Å². The lowest BCUT2D eigenvalue weighted by atomic mass is 9.94.